The minimum Gasteiger partial charge on any atom is -0.357 e. The largest absolute Gasteiger partial charge is 0.357 e. The Hall–Kier alpha value is -2.50. The van der Waals surface area contributed by atoms with Crippen LogP contribution in [0.5, 0.6) is 0 Å². The Bertz CT molecular complexity index is 721. The van der Waals surface area contributed by atoms with Crippen LogP contribution in [0.25, 0.3) is 11.2 Å². The molecule has 0 radical (unpaired) electrons. The average Bonchev–Trinajstić information content (AvgIpc) is 2.96. The highest BCUT2D eigenvalue weighted by Gasteiger charge is 2.12. The molecule has 0 unspecified atom stereocenters. The molecule has 0 atom stereocenters. The monoisotopic (exact) mass is 282 g/mol. The number of aromatic nitrogens is 5. The fourth-order valence-electron chi connectivity index (χ4n) is 2.31. The third-order valence-electron chi connectivity index (χ3n) is 3.51. The molecule has 0 aliphatic heterocycles. The summed E-state index contributed by atoms with van der Waals surface area (Å²) in [5.74, 6) is 0.864. The topological polar surface area (TPSA) is 59.7 Å². The summed E-state index contributed by atoms with van der Waals surface area (Å²) in [6, 6.07) is 5.97. The van der Waals surface area contributed by atoms with E-state index < -0.39 is 0 Å². The molecule has 0 aliphatic rings. The number of aryl methyl sites for hydroxylation is 1. The van der Waals surface area contributed by atoms with E-state index >= 15 is 0 Å². The Morgan fingerprint density at radius 1 is 1.14 bits per heavy atom. The van der Waals surface area contributed by atoms with Crippen LogP contribution in [-0.2, 0) is 13.0 Å². The van der Waals surface area contributed by atoms with Gasteiger partial charge in [0, 0.05) is 38.4 Å². The van der Waals surface area contributed by atoms with Crippen LogP contribution in [0.4, 0.5) is 5.82 Å². The molecule has 0 fully saturated rings. The predicted octanol–water partition coefficient (Wildman–Crippen LogP) is 1.92. The number of rotatable bonds is 5. The van der Waals surface area contributed by atoms with Crippen LogP contribution in [0.3, 0.4) is 0 Å². The van der Waals surface area contributed by atoms with Gasteiger partial charge in [0.15, 0.2) is 17.0 Å². The number of imidazole rings is 1. The Morgan fingerprint density at radius 2 is 2.05 bits per heavy atom. The van der Waals surface area contributed by atoms with Crippen molar-refractivity contribution >= 4 is 17.0 Å². The molecule has 0 aliphatic carbocycles. The van der Waals surface area contributed by atoms with E-state index in [2.05, 4.69) is 31.8 Å². The number of likely N-dealkylation sites (N-methyl/N-ethyl adjacent to an activating group) is 1. The van der Waals surface area contributed by atoms with E-state index in [1.165, 1.54) is 0 Å². The molecule has 6 heteroatoms. The van der Waals surface area contributed by atoms with Gasteiger partial charge in [0.2, 0.25) is 0 Å². The summed E-state index contributed by atoms with van der Waals surface area (Å²) in [5, 5.41) is 0. The van der Waals surface area contributed by atoms with E-state index in [0.29, 0.717) is 0 Å². The number of pyridine rings is 1. The van der Waals surface area contributed by atoms with Crippen LogP contribution in [-0.4, -0.2) is 38.1 Å². The molecule has 6 nitrogen and oxygen atoms in total. The normalized spacial score (nSPS) is 11.0. The van der Waals surface area contributed by atoms with Gasteiger partial charge in [-0.05, 0) is 19.1 Å². The van der Waals surface area contributed by atoms with Gasteiger partial charge in [0.25, 0.3) is 0 Å². The van der Waals surface area contributed by atoms with E-state index in [9.17, 15) is 0 Å². The second kappa shape index (κ2) is 5.87. The lowest BCUT2D eigenvalue weighted by Crippen LogP contribution is -2.22. The molecule has 0 bridgehead atoms. The summed E-state index contributed by atoms with van der Waals surface area (Å²) < 4.78 is 2.02. The van der Waals surface area contributed by atoms with Gasteiger partial charge in [-0.1, -0.05) is 6.07 Å². The van der Waals surface area contributed by atoms with Crippen LogP contribution in [0.2, 0.25) is 0 Å². The molecule has 21 heavy (non-hydrogen) atoms. The van der Waals surface area contributed by atoms with Crippen molar-refractivity contribution in [3.05, 3.63) is 42.7 Å². The average molecular weight is 282 g/mol. The van der Waals surface area contributed by atoms with E-state index in [1.807, 2.05) is 42.3 Å². The van der Waals surface area contributed by atoms with E-state index in [4.69, 9.17) is 0 Å². The second-order valence-corrected chi connectivity index (χ2v) is 4.89. The lowest BCUT2D eigenvalue weighted by Gasteiger charge is -2.17. The Balaban J connectivity index is 1.81. The molecule has 3 rings (SSSR count). The maximum Gasteiger partial charge on any atom is 0.165 e. The molecule has 3 heterocycles. The second-order valence-electron chi connectivity index (χ2n) is 4.89. The van der Waals surface area contributed by atoms with Crippen molar-refractivity contribution in [2.24, 2.45) is 0 Å². The first kappa shape index (κ1) is 13.5. The van der Waals surface area contributed by atoms with Crippen molar-refractivity contribution in [1.82, 2.24) is 24.5 Å². The summed E-state index contributed by atoms with van der Waals surface area (Å²) in [6.07, 6.45) is 6.11. The lowest BCUT2D eigenvalue weighted by atomic mass is 10.2. The molecule has 0 aromatic carbocycles. The van der Waals surface area contributed by atoms with Gasteiger partial charge in [0.05, 0.1) is 6.33 Å². The summed E-state index contributed by atoms with van der Waals surface area (Å²) in [7, 11) is 2.02. The molecule has 3 aromatic heterocycles. The Kier molecular flexibility index (Phi) is 3.77. The zero-order chi connectivity index (χ0) is 14.7. The van der Waals surface area contributed by atoms with E-state index in [-0.39, 0.29) is 0 Å². The lowest BCUT2D eigenvalue weighted by molar-refractivity contribution is 0.776. The van der Waals surface area contributed by atoms with Crippen LogP contribution in [0.15, 0.2) is 37.1 Å². The first-order valence-electron chi connectivity index (χ1n) is 7.06. The number of nitrogens with zero attached hydrogens (tertiary/aromatic N) is 6. The highest BCUT2D eigenvalue weighted by atomic mass is 15.2. The number of hydrogen-bond acceptors (Lipinski definition) is 5. The van der Waals surface area contributed by atoms with Gasteiger partial charge >= 0.3 is 0 Å². The van der Waals surface area contributed by atoms with Gasteiger partial charge in [-0.25, -0.2) is 15.0 Å². The molecule has 108 valence electrons. The van der Waals surface area contributed by atoms with Gasteiger partial charge in [0.1, 0.15) is 6.33 Å². The molecule has 0 spiro atoms. The van der Waals surface area contributed by atoms with Gasteiger partial charge in [-0.3, -0.25) is 4.98 Å². The minimum atomic E-state index is 0.835. The smallest absolute Gasteiger partial charge is 0.165 e. The summed E-state index contributed by atoms with van der Waals surface area (Å²) in [6.45, 7) is 3.76. The fourth-order valence-corrected chi connectivity index (χ4v) is 2.31. The van der Waals surface area contributed by atoms with Crippen LogP contribution >= 0.6 is 0 Å². The number of hydrogen-bond donors (Lipinski definition) is 0. The quantitative estimate of drug-likeness (QED) is 0.715. The summed E-state index contributed by atoms with van der Waals surface area (Å²) >= 11 is 0. The fraction of sp³-hybridized carbons (Fsp3) is 0.333. The molecule has 0 saturated heterocycles. The predicted molar refractivity (Wildman–Crippen MR) is 82.2 cm³/mol. The number of fused-ring (bicyclic) bond motifs is 1. The maximum atomic E-state index is 4.45. The highest BCUT2D eigenvalue weighted by molar-refractivity contribution is 5.83. The van der Waals surface area contributed by atoms with Crippen LogP contribution < -0.4 is 4.90 Å². The minimum absolute atomic E-state index is 0.835. The van der Waals surface area contributed by atoms with Crippen LogP contribution in [0, 0.1) is 0 Å². The first-order valence-corrected chi connectivity index (χ1v) is 7.06. The summed E-state index contributed by atoms with van der Waals surface area (Å²) in [5.41, 5.74) is 2.81. The first-order chi connectivity index (χ1) is 10.3. The molecule has 0 saturated carbocycles. The SMILES string of the molecule is CCn1cnc2c(N(C)CCc3ccccn3)ncnc21. The van der Waals surface area contributed by atoms with E-state index in [1.54, 1.807) is 6.33 Å². The van der Waals surface area contributed by atoms with E-state index in [0.717, 1.165) is 42.2 Å². The molecule has 0 N–H and O–H groups in total. The van der Waals surface area contributed by atoms with Crippen molar-refractivity contribution in [3.8, 4) is 0 Å². The van der Waals surface area contributed by atoms with Crippen molar-refractivity contribution in [2.45, 2.75) is 19.9 Å². The zero-order valence-corrected chi connectivity index (χ0v) is 12.3. The Labute approximate surface area is 123 Å². The number of anilines is 1. The third kappa shape index (κ3) is 2.69. The van der Waals surface area contributed by atoms with Gasteiger partial charge in [-0.2, -0.15) is 0 Å². The molecule has 3 aromatic rings. The molecular weight excluding hydrogens is 264 g/mol. The van der Waals surface area contributed by atoms with Crippen LogP contribution in [0.1, 0.15) is 12.6 Å². The zero-order valence-electron chi connectivity index (χ0n) is 12.3. The molecular formula is C15H18N6. The Morgan fingerprint density at radius 3 is 2.81 bits per heavy atom. The van der Waals surface area contributed by atoms with Crippen molar-refractivity contribution in [1.29, 1.82) is 0 Å². The van der Waals surface area contributed by atoms with Crippen molar-refractivity contribution < 1.29 is 0 Å². The summed E-state index contributed by atoms with van der Waals surface area (Å²) in [4.78, 5) is 19.6. The maximum absolute atomic E-state index is 4.45. The third-order valence-corrected chi connectivity index (χ3v) is 3.51. The van der Waals surface area contributed by atoms with Gasteiger partial charge < -0.3 is 9.47 Å². The highest BCUT2D eigenvalue weighted by Crippen LogP contribution is 2.20. The van der Waals surface area contributed by atoms with Crippen molar-refractivity contribution in [3.63, 3.8) is 0 Å². The van der Waals surface area contributed by atoms with Crippen molar-refractivity contribution in [2.75, 3.05) is 18.5 Å². The molecule has 0 amide bonds. The van der Waals surface area contributed by atoms with Gasteiger partial charge in [-0.15, -0.1) is 0 Å². The standard InChI is InChI=1S/C15H18N6/c1-3-21-11-19-13-14(17-10-18-15(13)21)20(2)9-7-12-6-4-5-8-16-12/h4-6,8,10-11H,3,7,9H2,1-2H3.